The van der Waals surface area contributed by atoms with E-state index in [1.807, 2.05) is 0 Å². The van der Waals surface area contributed by atoms with Crippen molar-refractivity contribution in [2.24, 2.45) is 0 Å². The Morgan fingerprint density at radius 3 is 2.89 bits per heavy atom. The maximum absolute atomic E-state index is 11.9. The van der Waals surface area contributed by atoms with Crippen LogP contribution in [0.5, 0.6) is 0 Å². The van der Waals surface area contributed by atoms with Crippen LogP contribution in [0.2, 0.25) is 0 Å². The number of benzene rings is 1. The molecule has 2 rings (SSSR count). The number of rotatable bonds is 3. The van der Waals surface area contributed by atoms with E-state index in [9.17, 15) is 9.59 Å². The first-order valence-electron chi connectivity index (χ1n) is 5.49. The van der Waals surface area contributed by atoms with Gasteiger partial charge in [0.2, 0.25) is 0 Å². The van der Waals surface area contributed by atoms with E-state index in [-0.39, 0.29) is 12.1 Å². The van der Waals surface area contributed by atoms with E-state index in [0.717, 1.165) is 0 Å². The molecule has 0 amide bonds. The van der Waals surface area contributed by atoms with Gasteiger partial charge in [-0.15, -0.1) is 0 Å². The van der Waals surface area contributed by atoms with Crippen LogP contribution in [0.25, 0.3) is 0 Å². The van der Waals surface area contributed by atoms with E-state index in [2.05, 4.69) is 20.9 Å². The molecule has 0 radical (unpaired) electrons. The third-order valence-corrected chi connectivity index (χ3v) is 3.17. The van der Waals surface area contributed by atoms with Crippen molar-refractivity contribution in [3.8, 4) is 0 Å². The Kier molecular flexibility index (Phi) is 4.11. The highest BCUT2D eigenvalue weighted by Gasteiger charge is 2.12. The molecule has 0 saturated heterocycles. The van der Waals surface area contributed by atoms with Crippen molar-refractivity contribution in [3.63, 3.8) is 0 Å². The summed E-state index contributed by atoms with van der Waals surface area (Å²) in [6.07, 6.45) is 2.87. The van der Waals surface area contributed by atoms with Crippen molar-refractivity contribution in [3.05, 3.63) is 62.7 Å². The van der Waals surface area contributed by atoms with Crippen molar-refractivity contribution >= 4 is 21.9 Å². The second-order valence-corrected chi connectivity index (χ2v) is 4.68. The SMILES string of the molecule is COC(=O)c1ccccc1Cn1cncc(Br)c1=O. The van der Waals surface area contributed by atoms with Gasteiger partial charge in [-0.05, 0) is 27.6 Å². The van der Waals surface area contributed by atoms with E-state index < -0.39 is 5.97 Å². The summed E-state index contributed by atoms with van der Waals surface area (Å²) in [5.74, 6) is -0.424. The Hall–Kier alpha value is -1.95. The van der Waals surface area contributed by atoms with Crippen LogP contribution in [0.4, 0.5) is 0 Å². The maximum Gasteiger partial charge on any atom is 0.338 e. The topological polar surface area (TPSA) is 61.2 Å². The lowest BCUT2D eigenvalue weighted by Gasteiger charge is -2.09. The predicted octanol–water partition coefficient (Wildman–Crippen LogP) is 1.84. The summed E-state index contributed by atoms with van der Waals surface area (Å²) >= 11 is 3.13. The van der Waals surface area contributed by atoms with Crippen LogP contribution in [0.15, 0.2) is 46.1 Å². The number of carbonyl (C=O) groups is 1. The lowest BCUT2D eigenvalue weighted by molar-refractivity contribution is 0.0599. The third-order valence-electron chi connectivity index (χ3n) is 2.62. The minimum absolute atomic E-state index is 0.199. The molecular weight excluding hydrogens is 312 g/mol. The molecule has 6 heteroatoms. The molecule has 19 heavy (non-hydrogen) atoms. The van der Waals surface area contributed by atoms with Crippen LogP contribution >= 0.6 is 15.9 Å². The molecule has 98 valence electrons. The fourth-order valence-corrected chi connectivity index (χ4v) is 2.03. The normalized spacial score (nSPS) is 10.2. The minimum atomic E-state index is -0.424. The first kappa shape index (κ1) is 13.5. The third kappa shape index (κ3) is 2.90. The van der Waals surface area contributed by atoms with Gasteiger partial charge in [0.15, 0.2) is 0 Å². The summed E-state index contributed by atoms with van der Waals surface area (Å²) in [6.45, 7) is 0.260. The number of nitrogens with zero attached hydrogens (tertiary/aromatic N) is 2. The largest absolute Gasteiger partial charge is 0.465 e. The van der Waals surface area contributed by atoms with Gasteiger partial charge in [-0.2, -0.15) is 0 Å². The molecule has 1 aromatic carbocycles. The van der Waals surface area contributed by atoms with Crippen molar-refractivity contribution < 1.29 is 9.53 Å². The zero-order valence-corrected chi connectivity index (χ0v) is 11.8. The molecule has 0 aliphatic carbocycles. The van der Waals surface area contributed by atoms with Gasteiger partial charge in [-0.1, -0.05) is 18.2 Å². The second-order valence-electron chi connectivity index (χ2n) is 3.82. The van der Waals surface area contributed by atoms with Gasteiger partial charge in [0.1, 0.15) is 4.47 Å². The molecule has 0 aliphatic rings. The molecule has 2 aromatic rings. The summed E-state index contributed by atoms with van der Waals surface area (Å²) in [6, 6.07) is 6.99. The van der Waals surface area contributed by atoms with Gasteiger partial charge in [-0.25, -0.2) is 9.78 Å². The monoisotopic (exact) mass is 322 g/mol. The smallest absolute Gasteiger partial charge is 0.338 e. The number of esters is 1. The predicted molar refractivity (Wildman–Crippen MR) is 73.1 cm³/mol. The van der Waals surface area contributed by atoms with Crippen LogP contribution in [0, 0.1) is 0 Å². The standard InChI is InChI=1S/C13H11BrN2O3/c1-19-13(18)10-5-3-2-4-9(10)7-16-8-15-6-11(14)12(16)17/h2-6,8H,7H2,1H3. The molecule has 0 fully saturated rings. The van der Waals surface area contributed by atoms with Crippen LogP contribution in [0.3, 0.4) is 0 Å². The number of hydrogen-bond donors (Lipinski definition) is 0. The fourth-order valence-electron chi connectivity index (χ4n) is 1.69. The lowest BCUT2D eigenvalue weighted by Crippen LogP contribution is -2.22. The first-order valence-corrected chi connectivity index (χ1v) is 6.29. The van der Waals surface area contributed by atoms with Gasteiger partial charge >= 0.3 is 5.97 Å². The zero-order chi connectivity index (χ0) is 13.8. The molecule has 0 N–H and O–H groups in total. The average molecular weight is 323 g/mol. The van der Waals surface area contributed by atoms with Gasteiger partial charge in [0.25, 0.3) is 5.56 Å². The Balaban J connectivity index is 2.41. The van der Waals surface area contributed by atoms with Gasteiger partial charge < -0.3 is 4.74 Å². The Labute approximate surface area is 118 Å². The van der Waals surface area contributed by atoms with Crippen molar-refractivity contribution in [2.45, 2.75) is 6.54 Å². The highest BCUT2D eigenvalue weighted by molar-refractivity contribution is 9.10. The molecule has 0 aliphatic heterocycles. The summed E-state index contributed by atoms with van der Waals surface area (Å²) in [5, 5.41) is 0. The molecular formula is C13H11BrN2O3. The molecule has 0 spiro atoms. The van der Waals surface area contributed by atoms with Crippen LogP contribution in [0.1, 0.15) is 15.9 Å². The molecule has 5 nitrogen and oxygen atoms in total. The number of methoxy groups -OCH3 is 1. The molecule has 0 unspecified atom stereocenters. The number of hydrogen-bond acceptors (Lipinski definition) is 4. The number of aromatic nitrogens is 2. The highest BCUT2D eigenvalue weighted by Crippen LogP contribution is 2.11. The van der Waals surface area contributed by atoms with Crippen LogP contribution < -0.4 is 5.56 Å². The van der Waals surface area contributed by atoms with E-state index in [1.165, 1.54) is 24.2 Å². The Morgan fingerprint density at radius 1 is 1.42 bits per heavy atom. The summed E-state index contributed by atoms with van der Waals surface area (Å²) in [5.41, 5.74) is 0.947. The minimum Gasteiger partial charge on any atom is -0.465 e. The van der Waals surface area contributed by atoms with Crippen molar-refractivity contribution in [1.29, 1.82) is 0 Å². The lowest BCUT2D eigenvalue weighted by atomic mass is 10.1. The number of halogens is 1. The molecule has 0 atom stereocenters. The van der Waals surface area contributed by atoms with Crippen molar-refractivity contribution in [2.75, 3.05) is 7.11 Å². The molecule has 0 saturated carbocycles. The molecule has 1 heterocycles. The quantitative estimate of drug-likeness (QED) is 0.809. The van der Waals surface area contributed by atoms with Crippen molar-refractivity contribution in [1.82, 2.24) is 9.55 Å². The van der Waals surface area contributed by atoms with E-state index in [1.54, 1.807) is 24.3 Å². The number of carbonyl (C=O) groups excluding carboxylic acids is 1. The molecule has 0 bridgehead atoms. The number of ether oxygens (including phenoxy) is 1. The summed E-state index contributed by atoms with van der Waals surface area (Å²) in [4.78, 5) is 27.5. The average Bonchev–Trinajstić information content (AvgIpc) is 2.43. The van der Waals surface area contributed by atoms with E-state index >= 15 is 0 Å². The van der Waals surface area contributed by atoms with E-state index in [4.69, 9.17) is 4.74 Å². The first-order chi connectivity index (χ1) is 9.13. The van der Waals surface area contributed by atoms with Crippen LogP contribution in [-0.4, -0.2) is 22.6 Å². The van der Waals surface area contributed by atoms with Gasteiger partial charge in [-0.3, -0.25) is 9.36 Å². The van der Waals surface area contributed by atoms with E-state index in [0.29, 0.717) is 15.6 Å². The van der Waals surface area contributed by atoms with Crippen LogP contribution in [-0.2, 0) is 11.3 Å². The molecule has 1 aromatic heterocycles. The highest BCUT2D eigenvalue weighted by atomic mass is 79.9. The Bertz CT molecular complexity index is 667. The Morgan fingerprint density at radius 2 is 2.16 bits per heavy atom. The summed E-state index contributed by atoms with van der Waals surface area (Å²) < 4.78 is 6.52. The maximum atomic E-state index is 11.9. The zero-order valence-electron chi connectivity index (χ0n) is 10.2. The van der Waals surface area contributed by atoms with Gasteiger partial charge in [0, 0.05) is 6.20 Å². The second kappa shape index (κ2) is 5.79. The summed E-state index contributed by atoms with van der Waals surface area (Å²) in [7, 11) is 1.33. The van der Waals surface area contributed by atoms with Gasteiger partial charge in [0.05, 0.1) is 25.5 Å². The fraction of sp³-hybridized carbons (Fsp3) is 0.154.